The van der Waals surface area contributed by atoms with Gasteiger partial charge in [0, 0.05) is 11.5 Å². The first-order chi connectivity index (χ1) is 7.82. The zero-order valence-electron chi connectivity index (χ0n) is 9.41. The highest BCUT2D eigenvalue weighted by molar-refractivity contribution is 6.00. The van der Waals surface area contributed by atoms with Crippen LogP contribution in [0.5, 0.6) is 0 Å². The van der Waals surface area contributed by atoms with Gasteiger partial charge in [-0.2, -0.15) is 0 Å². The minimum atomic E-state index is 0.303. The number of hydrogen-bond donors (Lipinski definition) is 1. The van der Waals surface area contributed by atoms with Crippen molar-refractivity contribution in [2.45, 2.75) is 19.3 Å². The third-order valence-electron chi connectivity index (χ3n) is 4.16. The second kappa shape index (κ2) is 3.70. The standard InChI is InChI=1S/C14H17NO/c16-13(11-4-2-1-3-5-11)12-10-14(12)6-8-15-9-7-14/h1-5,12,15H,6-10H2. The van der Waals surface area contributed by atoms with Crippen LogP contribution in [0.15, 0.2) is 30.3 Å². The van der Waals surface area contributed by atoms with Crippen LogP contribution >= 0.6 is 0 Å². The van der Waals surface area contributed by atoms with Crippen molar-refractivity contribution in [3.63, 3.8) is 0 Å². The zero-order valence-corrected chi connectivity index (χ0v) is 9.41. The van der Waals surface area contributed by atoms with E-state index in [1.165, 1.54) is 12.8 Å². The lowest BCUT2D eigenvalue weighted by atomic mass is 9.89. The highest BCUT2D eigenvalue weighted by Gasteiger charge is 2.57. The van der Waals surface area contributed by atoms with Crippen molar-refractivity contribution < 1.29 is 4.79 Å². The number of carbonyl (C=O) groups is 1. The molecule has 0 amide bonds. The zero-order chi connectivity index (χ0) is 11.0. The van der Waals surface area contributed by atoms with E-state index in [1.54, 1.807) is 0 Å². The Morgan fingerprint density at radius 3 is 2.56 bits per heavy atom. The first-order valence-electron chi connectivity index (χ1n) is 6.12. The maximum atomic E-state index is 12.3. The predicted octanol–water partition coefficient (Wildman–Crippen LogP) is 2.26. The van der Waals surface area contributed by atoms with Crippen LogP contribution in [0.25, 0.3) is 0 Å². The number of piperidine rings is 1. The molecule has 1 unspecified atom stereocenters. The van der Waals surface area contributed by atoms with E-state index in [0.717, 1.165) is 25.1 Å². The topological polar surface area (TPSA) is 29.1 Å². The van der Waals surface area contributed by atoms with Gasteiger partial charge in [-0.05, 0) is 37.8 Å². The number of ketones is 1. The van der Waals surface area contributed by atoms with Gasteiger partial charge in [-0.1, -0.05) is 30.3 Å². The fourth-order valence-corrected chi connectivity index (χ4v) is 3.00. The molecule has 2 fully saturated rings. The molecule has 0 aromatic heterocycles. The third kappa shape index (κ3) is 1.57. The predicted molar refractivity (Wildman–Crippen MR) is 63.4 cm³/mol. The van der Waals surface area contributed by atoms with Crippen molar-refractivity contribution in [1.82, 2.24) is 5.32 Å². The first kappa shape index (κ1) is 10.0. The summed E-state index contributed by atoms with van der Waals surface area (Å²) in [5, 5.41) is 3.37. The summed E-state index contributed by atoms with van der Waals surface area (Å²) in [5.41, 5.74) is 1.25. The van der Waals surface area contributed by atoms with Crippen molar-refractivity contribution in [2.24, 2.45) is 11.3 Å². The third-order valence-corrected chi connectivity index (χ3v) is 4.16. The molecule has 1 atom stereocenters. The second-order valence-corrected chi connectivity index (χ2v) is 5.10. The molecule has 16 heavy (non-hydrogen) atoms. The lowest BCUT2D eigenvalue weighted by molar-refractivity contribution is 0.0940. The number of benzene rings is 1. The van der Waals surface area contributed by atoms with E-state index in [0.29, 0.717) is 17.1 Å². The number of nitrogens with one attached hydrogen (secondary N) is 1. The molecule has 84 valence electrons. The van der Waals surface area contributed by atoms with Gasteiger partial charge in [-0.3, -0.25) is 4.79 Å². The molecular formula is C14H17NO. The van der Waals surface area contributed by atoms with E-state index < -0.39 is 0 Å². The Labute approximate surface area is 96.1 Å². The smallest absolute Gasteiger partial charge is 0.166 e. The molecular weight excluding hydrogens is 198 g/mol. The highest BCUT2D eigenvalue weighted by atomic mass is 16.1. The highest BCUT2D eigenvalue weighted by Crippen LogP contribution is 2.59. The molecule has 2 heteroatoms. The van der Waals surface area contributed by atoms with Crippen molar-refractivity contribution >= 4 is 5.78 Å². The van der Waals surface area contributed by atoms with Crippen molar-refractivity contribution in [1.29, 1.82) is 0 Å². The van der Waals surface area contributed by atoms with Crippen LogP contribution in [0, 0.1) is 11.3 Å². The number of carbonyl (C=O) groups excluding carboxylic acids is 1. The van der Waals surface area contributed by atoms with Crippen LogP contribution in [0.4, 0.5) is 0 Å². The summed E-state index contributed by atoms with van der Waals surface area (Å²) in [7, 11) is 0. The van der Waals surface area contributed by atoms with Crippen molar-refractivity contribution in [2.75, 3.05) is 13.1 Å². The molecule has 1 aromatic carbocycles. The molecule has 2 nitrogen and oxygen atoms in total. The minimum Gasteiger partial charge on any atom is -0.317 e. The van der Waals surface area contributed by atoms with E-state index in [2.05, 4.69) is 5.32 Å². The van der Waals surface area contributed by atoms with E-state index in [9.17, 15) is 4.79 Å². The molecule has 1 aromatic rings. The summed E-state index contributed by atoms with van der Waals surface area (Å²) in [6, 6.07) is 9.74. The lowest BCUT2D eigenvalue weighted by Crippen LogP contribution is -2.30. The summed E-state index contributed by atoms with van der Waals surface area (Å²) in [5.74, 6) is 0.666. The molecule has 1 aliphatic heterocycles. The first-order valence-corrected chi connectivity index (χ1v) is 6.12. The fraction of sp³-hybridized carbons (Fsp3) is 0.500. The normalized spacial score (nSPS) is 26.6. The molecule has 1 heterocycles. The van der Waals surface area contributed by atoms with E-state index in [1.807, 2.05) is 30.3 Å². The number of hydrogen-bond acceptors (Lipinski definition) is 2. The maximum absolute atomic E-state index is 12.3. The molecule has 1 spiro atoms. The summed E-state index contributed by atoms with van der Waals surface area (Å²) < 4.78 is 0. The van der Waals surface area contributed by atoms with Gasteiger partial charge in [-0.15, -0.1) is 0 Å². The monoisotopic (exact) mass is 215 g/mol. The SMILES string of the molecule is O=C(c1ccccc1)C1CC12CCNCC2. The Hall–Kier alpha value is -1.15. The van der Waals surface area contributed by atoms with Crippen LogP contribution in [-0.2, 0) is 0 Å². The van der Waals surface area contributed by atoms with Gasteiger partial charge < -0.3 is 5.32 Å². The van der Waals surface area contributed by atoms with Gasteiger partial charge in [0.1, 0.15) is 0 Å². The second-order valence-electron chi connectivity index (χ2n) is 5.10. The molecule has 1 N–H and O–H groups in total. The van der Waals surface area contributed by atoms with Crippen LogP contribution < -0.4 is 5.32 Å². The van der Waals surface area contributed by atoms with E-state index in [4.69, 9.17) is 0 Å². The summed E-state index contributed by atoms with van der Waals surface area (Å²) in [4.78, 5) is 12.3. The Balaban J connectivity index is 1.74. The van der Waals surface area contributed by atoms with E-state index >= 15 is 0 Å². The summed E-state index contributed by atoms with van der Waals surface area (Å²) in [6.07, 6.45) is 3.47. The molecule has 2 aliphatic rings. The van der Waals surface area contributed by atoms with Gasteiger partial charge in [-0.25, -0.2) is 0 Å². The summed E-state index contributed by atoms with van der Waals surface area (Å²) in [6.45, 7) is 2.16. The van der Waals surface area contributed by atoms with Crippen molar-refractivity contribution in [3.8, 4) is 0 Å². The quantitative estimate of drug-likeness (QED) is 0.767. The number of Topliss-reactive ketones (excluding diaryl/α,β-unsaturated/α-hetero) is 1. The molecule has 0 bridgehead atoms. The molecule has 3 rings (SSSR count). The van der Waals surface area contributed by atoms with Crippen molar-refractivity contribution in [3.05, 3.63) is 35.9 Å². The number of rotatable bonds is 2. The maximum Gasteiger partial charge on any atom is 0.166 e. The fourth-order valence-electron chi connectivity index (χ4n) is 3.00. The van der Waals surface area contributed by atoms with Gasteiger partial charge in [0.25, 0.3) is 0 Å². The van der Waals surface area contributed by atoms with Gasteiger partial charge in [0.05, 0.1) is 0 Å². The Bertz CT molecular complexity index is 392. The minimum absolute atomic E-state index is 0.303. The molecule has 1 aliphatic carbocycles. The Kier molecular flexibility index (Phi) is 2.32. The summed E-state index contributed by atoms with van der Waals surface area (Å²) >= 11 is 0. The Morgan fingerprint density at radius 1 is 1.19 bits per heavy atom. The van der Waals surface area contributed by atoms with Gasteiger partial charge in [0.15, 0.2) is 5.78 Å². The van der Waals surface area contributed by atoms with Crippen LogP contribution in [-0.4, -0.2) is 18.9 Å². The molecule has 1 saturated carbocycles. The van der Waals surface area contributed by atoms with Gasteiger partial charge >= 0.3 is 0 Å². The van der Waals surface area contributed by atoms with Gasteiger partial charge in [0.2, 0.25) is 0 Å². The lowest BCUT2D eigenvalue weighted by Gasteiger charge is -2.23. The average molecular weight is 215 g/mol. The molecule has 1 saturated heterocycles. The van der Waals surface area contributed by atoms with E-state index in [-0.39, 0.29) is 0 Å². The van der Waals surface area contributed by atoms with Crippen LogP contribution in [0.1, 0.15) is 29.6 Å². The average Bonchev–Trinajstić information content (AvgIpc) is 3.04. The Morgan fingerprint density at radius 2 is 1.88 bits per heavy atom. The molecule has 0 radical (unpaired) electrons. The van der Waals surface area contributed by atoms with Crippen LogP contribution in [0.2, 0.25) is 0 Å². The largest absolute Gasteiger partial charge is 0.317 e. The van der Waals surface area contributed by atoms with Crippen LogP contribution in [0.3, 0.4) is 0 Å².